The van der Waals surface area contributed by atoms with Crippen LogP contribution in [-0.2, 0) is 11.8 Å². The molecule has 0 atom stereocenters. The van der Waals surface area contributed by atoms with Gasteiger partial charge in [0.15, 0.2) is 0 Å². The van der Waals surface area contributed by atoms with Crippen molar-refractivity contribution in [3.05, 3.63) is 45.4 Å². The maximum absolute atomic E-state index is 7.58. The molecule has 0 aliphatic heterocycles. The van der Waals surface area contributed by atoms with Gasteiger partial charge in [-0.15, -0.1) is 11.3 Å². The second-order valence-corrected chi connectivity index (χ2v) is 7.49. The molecule has 0 fully saturated rings. The first-order chi connectivity index (χ1) is 12.8. The van der Waals surface area contributed by atoms with Gasteiger partial charge in [0.05, 0.1) is 17.8 Å². The molecule has 0 unspecified atom stereocenters. The Labute approximate surface area is 168 Å². The molecule has 2 rings (SSSR count). The van der Waals surface area contributed by atoms with E-state index >= 15 is 0 Å². The van der Waals surface area contributed by atoms with E-state index in [1.807, 2.05) is 39.0 Å². The third kappa shape index (κ3) is 7.69. The Morgan fingerprint density at radius 1 is 1.26 bits per heavy atom. The lowest BCUT2D eigenvalue weighted by atomic mass is 9.84. The average Bonchev–Trinajstić information content (AvgIpc) is 3.12. The minimum atomic E-state index is 0.0657. The summed E-state index contributed by atoms with van der Waals surface area (Å²) in [5.74, 6) is 0.949. The summed E-state index contributed by atoms with van der Waals surface area (Å²) >= 11 is 1.70. The van der Waals surface area contributed by atoms with Crippen LogP contribution in [0.25, 0.3) is 0 Å². The smallest absolute Gasteiger partial charge is 0.122 e. The highest BCUT2D eigenvalue weighted by molar-refractivity contribution is 7.09. The molecule has 1 aromatic carbocycles. The molecular formula is C21H36N4OS. The first-order valence-corrected chi connectivity index (χ1v) is 10.2. The fourth-order valence-electron chi connectivity index (χ4n) is 2.66. The highest BCUT2D eigenvalue weighted by Gasteiger charge is 2.23. The number of hydrogen-bond donors (Lipinski definition) is 3. The largest absolute Gasteiger partial charge is 0.496 e. The SMILES string of the molecule is CC.CN.COc1ccc(C(=N)N)cc1CCCC(C)(C)c1csc(C)n1. The number of nitrogens with two attached hydrogens (primary N) is 2. The summed E-state index contributed by atoms with van der Waals surface area (Å²) in [6.07, 6.45) is 2.97. The number of ether oxygens (including phenoxy) is 1. The van der Waals surface area contributed by atoms with E-state index in [9.17, 15) is 0 Å². The predicted molar refractivity (Wildman–Crippen MR) is 118 cm³/mol. The van der Waals surface area contributed by atoms with Crippen LogP contribution in [0.2, 0.25) is 0 Å². The van der Waals surface area contributed by atoms with Crippen molar-refractivity contribution in [2.45, 2.75) is 59.3 Å². The van der Waals surface area contributed by atoms with E-state index in [-0.39, 0.29) is 11.3 Å². The third-order valence-electron chi connectivity index (χ3n) is 4.15. The van der Waals surface area contributed by atoms with Crippen LogP contribution in [0.3, 0.4) is 0 Å². The maximum Gasteiger partial charge on any atom is 0.122 e. The topological polar surface area (TPSA) is 98.0 Å². The van der Waals surface area contributed by atoms with Gasteiger partial charge in [-0.2, -0.15) is 0 Å². The molecule has 2 aromatic rings. The highest BCUT2D eigenvalue weighted by Crippen LogP contribution is 2.31. The van der Waals surface area contributed by atoms with E-state index in [4.69, 9.17) is 15.9 Å². The number of nitrogens with one attached hydrogen (secondary N) is 1. The van der Waals surface area contributed by atoms with Gasteiger partial charge in [-0.3, -0.25) is 5.41 Å². The molecule has 27 heavy (non-hydrogen) atoms. The van der Waals surface area contributed by atoms with Gasteiger partial charge in [0.25, 0.3) is 0 Å². The van der Waals surface area contributed by atoms with Crippen molar-refractivity contribution in [2.75, 3.05) is 14.2 Å². The van der Waals surface area contributed by atoms with E-state index < -0.39 is 0 Å². The van der Waals surface area contributed by atoms with Gasteiger partial charge < -0.3 is 16.2 Å². The van der Waals surface area contributed by atoms with Crippen LogP contribution in [-0.4, -0.2) is 25.0 Å². The molecule has 0 saturated carbocycles. The summed E-state index contributed by atoms with van der Waals surface area (Å²) in [5, 5.41) is 10.9. The van der Waals surface area contributed by atoms with Crippen molar-refractivity contribution in [2.24, 2.45) is 11.5 Å². The number of nitrogen functional groups attached to an aromatic ring is 1. The van der Waals surface area contributed by atoms with Crippen LogP contribution in [0, 0.1) is 12.3 Å². The molecule has 0 aliphatic carbocycles. The fraction of sp³-hybridized carbons (Fsp3) is 0.524. The Kier molecular flexibility index (Phi) is 11.6. The normalized spacial score (nSPS) is 10.2. The van der Waals surface area contributed by atoms with Gasteiger partial charge in [0.1, 0.15) is 11.6 Å². The number of hydrogen-bond acceptors (Lipinski definition) is 5. The van der Waals surface area contributed by atoms with Crippen LogP contribution >= 0.6 is 11.3 Å². The maximum atomic E-state index is 7.58. The number of methoxy groups -OCH3 is 1. The number of thiazole rings is 1. The Bertz CT molecular complexity index is 695. The standard InChI is InChI=1S/C18H25N3OS.C2H6.CH5N/c1-12-21-16(11-23-12)18(2,3)9-5-6-13-10-14(17(19)20)7-8-15(13)22-4;2*1-2/h7-8,10-11H,5-6,9H2,1-4H3,(H3,19,20);1-2H3;2H2,1H3. The van der Waals surface area contributed by atoms with Crippen molar-refractivity contribution < 1.29 is 4.74 Å². The Hall–Kier alpha value is -1.92. The van der Waals surface area contributed by atoms with E-state index in [0.29, 0.717) is 0 Å². The van der Waals surface area contributed by atoms with E-state index in [1.54, 1.807) is 18.4 Å². The quantitative estimate of drug-likeness (QED) is 0.472. The van der Waals surface area contributed by atoms with Gasteiger partial charge in [-0.05, 0) is 57.0 Å². The van der Waals surface area contributed by atoms with Crippen molar-refractivity contribution >= 4 is 17.2 Å². The first kappa shape index (κ1) is 25.1. The lowest BCUT2D eigenvalue weighted by Gasteiger charge is -2.22. The monoisotopic (exact) mass is 392 g/mol. The van der Waals surface area contributed by atoms with Crippen molar-refractivity contribution in [1.29, 1.82) is 5.41 Å². The summed E-state index contributed by atoms with van der Waals surface area (Å²) in [4.78, 5) is 4.63. The van der Waals surface area contributed by atoms with E-state index in [0.717, 1.165) is 41.1 Å². The number of aryl methyl sites for hydroxylation is 2. The zero-order chi connectivity index (χ0) is 21.0. The molecule has 5 N–H and O–H groups in total. The third-order valence-corrected chi connectivity index (χ3v) is 4.93. The van der Waals surface area contributed by atoms with Crippen molar-refractivity contribution in [3.63, 3.8) is 0 Å². The molecule has 6 heteroatoms. The fourth-order valence-corrected chi connectivity index (χ4v) is 3.47. The van der Waals surface area contributed by atoms with Gasteiger partial charge >= 0.3 is 0 Å². The van der Waals surface area contributed by atoms with Crippen LogP contribution in [0.15, 0.2) is 23.6 Å². The number of rotatable bonds is 7. The zero-order valence-electron chi connectivity index (χ0n) is 17.8. The number of amidine groups is 1. The van der Waals surface area contributed by atoms with E-state index in [1.165, 1.54) is 12.7 Å². The minimum Gasteiger partial charge on any atom is -0.496 e. The molecular weight excluding hydrogens is 356 g/mol. The number of nitrogens with zero attached hydrogens (tertiary/aromatic N) is 1. The highest BCUT2D eigenvalue weighted by atomic mass is 32.1. The predicted octanol–water partition coefficient (Wildman–Crippen LogP) is 4.65. The number of benzene rings is 1. The minimum absolute atomic E-state index is 0.0657. The zero-order valence-corrected chi connectivity index (χ0v) is 18.7. The Morgan fingerprint density at radius 2 is 1.89 bits per heavy atom. The Balaban J connectivity index is 0.00000158. The summed E-state index contributed by atoms with van der Waals surface area (Å²) in [6, 6.07) is 5.68. The van der Waals surface area contributed by atoms with Crippen molar-refractivity contribution in [3.8, 4) is 5.75 Å². The van der Waals surface area contributed by atoms with Crippen LogP contribution in [0.4, 0.5) is 0 Å². The summed E-state index contributed by atoms with van der Waals surface area (Å²) in [5.41, 5.74) is 13.2. The average molecular weight is 393 g/mol. The molecule has 0 radical (unpaired) electrons. The summed E-state index contributed by atoms with van der Waals surface area (Å²) in [7, 11) is 3.17. The lowest BCUT2D eigenvalue weighted by molar-refractivity contribution is 0.405. The Morgan fingerprint density at radius 3 is 2.37 bits per heavy atom. The molecule has 1 heterocycles. The first-order valence-electron chi connectivity index (χ1n) is 9.35. The second-order valence-electron chi connectivity index (χ2n) is 6.43. The molecule has 5 nitrogen and oxygen atoms in total. The molecule has 0 spiro atoms. The lowest BCUT2D eigenvalue weighted by Crippen LogP contribution is -2.18. The van der Waals surface area contributed by atoms with Crippen LogP contribution in [0.1, 0.15) is 62.4 Å². The summed E-state index contributed by atoms with van der Waals surface area (Å²) in [6.45, 7) is 10.5. The molecule has 152 valence electrons. The number of aromatic nitrogens is 1. The molecule has 0 amide bonds. The summed E-state index contributed by atoms with van der Waals surface area (Å²) < 4.78 is 5.43. The van der Waals surface area contributed by atoms with Gasteiger partial charge in [-0.25, -0.2) is 4.98 Å². The van der Waals surface area contributed by atoms with Crippen molar-refractivity contribution in [1.82, 2.24) is 4.98 Å². The molecule has 0 bridgehead atoms. The van der Waals surface area contributed by atoms with Crippen LogP contribution in [0.5, 0.6) is 5.75 Å². The van der Waals surface area contributed by atoms with Gasteiger partial charge in [0.2, 0.25) is 0 Å². The second kappa shape index (κ2) is 12.5. The molecule has 1 aromatic heterocycles. The van der Waals surface area contributed by atoms with Crippen LogP contribution < -0.4 is 16.2 Å². The van der Waals surface area contributed by atoms with E-state index in [2.05, 4.69) is 29.9 Å². The van der Waals surface area contributed by atoms with Gasteiger partial charge in [0, 0.05) is 16.4 Å². The molecule has 0 aliphatic rings. The van der Waals surface area contributed by atoms with Gasteiger partial charge in [-0.1, -0.05) is 27.7 Å². The molecule has 0 saturated heterocycles.